The van der Waals surface area contributed by atoms with Gasteiger partial charge >= 0.3 is 0 Å². The maximum Gasteiger partial charge on any atom is 0.266 e. The molecule has 2 aliphatic heterocycles. The number of piperazine rings is 1. The average molecular weight is 431 g/mol. The molecule has 9 heteroatoms. The number of carbonyl (C=O) groups is 1. The number of benzene rings is 2. The first-order valence-corrected chi connectivity index (χ1v) is 11.4. The van der Waals surface area contributed by atoms with E-state index in [2.05, 4.69) is 9.80 Å². The van der Waals surface area contributed by atoms with Crippen LogP contribution in [0, 0.1) is 0 Å². The summed E-state index contributed by atoms with van der Waals surface area (Å²) in [5.74, 6) is -0.170. The monoisotopic (exact) mass is 430 g/mol. The molecule has 0 aromatic heterocycles. The first-order valence-electron chi connectivity index (χ1n) is 9.99. The number of aliphatic hydroxyl groups is 1. The third-order valence-corrected chi connectivity index (χ3v) is 7.51. The fourth-order valence-electron chi connectivity index (χ4n) is 4.03. The smallest absolute Gasteiger partial charge is 0.266 e. The van der Waals surface area contributed by atoms with Crippen LogP contribution in [0.15, 0.2) is 53.4 Å². The van der Waals surface area contributed by atoms with Crippen LogP contribution in [0.4, 0.5) is 17.1 Å². The van der Waals surface area contributed by atoms with Crippen LogP contribution in [0.25, 0.3) is 0 Å². The van der Waals surface area contributed by atoms with Crippen molar-refractivity contribution >= 4 is 33.0 Å². The van der Waals surface area contributed by atoms with Gasteiger partial charge in [-0.1, -0.05) is 24.3 Å². The number of aliphatic hydroxyl groups excluding tert-OH is 1. The highest BCUT2D eigenvalue weighted by Gasteiger charge is 2.36. The molecule has 2 aliphatic rings. The molecule has 0 aliphatic carbocycles. The van der Waals surface area contributed by atoms with Crippen LogP contribution in [0.3, 0.4) is 0 Å². The van der Waals surface area contributed by atoms with Crippen molar-refractivity contribution in [3.05, 3.63) is 48.5 Å². The zero-order valence-electron chi connectivity index (χ0n) is 16.9. The summed E-state index contributed by atoms with van der Waals surface area (Å²) in [6.07, 6.45) is 0. The quantitative estimate of drug-likeness (QED) is 0.782. The molecule has 0 bridgehead atoms. The maximum atomic E-state index is 13.5. The highest BCUT2D eigenvalue weighted by Crippen LogP contribution is 2.43. The van der Waals surface area contributed by atoms with E-state index in [4.69, 9.17) is 5.11 Å². The number of rotatable bonds is 4. The van der Waals surface area contributed by atoms with Crippen molar-refractivity contribution in [2.45, 2.75) is 4.90 Å². The minimum atomic E-state index is -3.79. The molecule has 0 spiro atoms. The zero-order chi connectivity index (χ0) is 21.3. The average Bonchev–Trinajstić information content (AvgIpc) is 2.82. The number of β-amino-alcohol motifs (C(OH)–C–C–N with tert-alkyl or cyclic N) is 1. The molecule has 0 saturated carbocycles. The highest BCUT2D eigenvalue weighted by molar-refractivity contribution is 7.93. The molecule has 30 heavy (non-hydrogen) atoms. The number of sulfonamides is 1. The van der Waals surface area contributed by atoms with E-state index in [1.165, 1.54) is 16.3 Å². The SMILES string of the molecule is CN1c2ccccc2N(C(=O)CN2CCN(CCO)CC2)c2ccccc2S1(=O)=O. The van der Waals surface area contributed by atoms with Gasteiger partial charge in [0.15, 0.2) is 0 Å². The van der Waals surface area contributed by atoms with Crippen LogP contribution in [-0.2, 0) is 14.8 Å². The summed E-state index contributed by atoms with van der Waals surface area (Å²) in [5.41, 5.74) is 1.39. The molecule has 8 nitrogen and oxygen atoms in total. The summed E-state index contributed by atoms with van der Waals surface area (Å²) in [4.78, 5) is 19.4. The van der Waals surface area contributed by atoms with Gasteiger partial charge in [-0.3, -0.25) is 23.8 Å². The molecule has 1 N–H and O–H groups in total. The molecular weight excluding hydrogens is 404 g/mol. The van der Waals surface area contributed by atoms with E-state index >= 15 is 0 Å². The molecule has 0 radical (unpaired) electrons. The Morgan fingerprint density at radius 2 is 1.47 bits per heavy atom. The molecular formula is C21H26N4O4S. The lowest BCUT2D eigenvalue weighted by molar-refractivity contribution is -0.119. The number of para-hydroxylation sites is 3. The Balaban J connectivity index is 1.69. The van der Waals surface area contributed by atoms with Crippen LogP contribution < -0.4 is 9.21 Å². The Bertz CT molecular complexity index is 1030. The van der Waals surface area contributed by atoms with Crippen LogP contribution >= 0.6 is 0 Å². The molecule has 2 aromatic rings. The zero-order valence-corrected chi connectivity index (χ0v) is 17.8. The van der Waals surface area contributed by atoms with Crippen molar-refractivity contribution in [1.82, 2.24) is 9.80 Å². The largest absolute Gasteiger partial charge is 0.395 e. The number of amides is 1. The molecule has 1 amide bonds. The van der Waals surface area contributed by atoms with E-state index in [-0.39, 0.29) is 24.0 Å². The Hall–Kier alpha value is -2.46. The topological polar surface area (TPSA) is 84.4 Å². The first-order chi connectivity index (χ1) is 14.4. The van der Waals surface area contributed by atoms with E-state index in [9.17, 15) is 13.2 Å². The van der Waals surface area contributed by atoms with Gasteiger partial charge in [-0.05, 0) is 24.3 Å². The van der Waals surface area contributed by atoms with Crippen molar-refractivity contribution < 1.29 is 18.3 Å². The molecule has 0 atom stereocenters. The van der Waals surface area contributed by atoms with Crippen molar-refractivity contribution in [2.75, 3.05) is 62.1 Å². The number of fused-ring (bicyclic) bond motifs is 2. The second kappa shape index (κ2) is 8.35. The fourth-order valence-corrected chi connectivity index (χ4v) is 5.41. The van der Waals surface area contributed by atoms with Gasteiger partial charge in [0, 0.05) is 39.8 Å². The molecule has 0 unspecified atom stereocenters. The number of carbonyl (C=O) groups excluding carboxylic acids is 1. The number of anilines is 3. The molecule has 1 saturated heterocycles. The summed E-state index contributed by atoms with van der Waals surface area (Å²) in [5, 5.41) is 9.11. The van der Waals surface area contributed by atoms with E-state index in [0.717, 1.165) is 26.2 Å². The minimum Gasteiger partial charge on any atom is -0.395 e. The molecule has 1 fully saturated rings. The first kappa shape index (κ1) is 20.8. The summed E-state index contributed by atoms with van der Waals surface area (Å²) in [6.45, 7) is 3.99. The van der Waals surface area contributed by atoms with Gasteiger partial charge in [-0.2, -0.15) is 0 Å². The lowest BCUT2D eigenvalue weighted by atomic mass is 10.2. The lowest BCUT2D eigenvalue weighted by Crippen LogP contribution is -2.50. The normalized spacial score (nSPS) is 19.1. The third-order valence-electron chi connectivity index (χ3n) is 5.70. The van der Waals surface area contributed by atoms with Crippen molar-refractivity contribution in [3.8, 4) is 0 Å². The Morgan fingerprint density at radius 1 is 0.900 bits per heavy atom. The van der Waals surface area contributed by atoms with E-state index in [1.54, 1.807) is 48.5 Å². The summed E-state index contributed by atoms with van der Waals surface area (Å²) < 4.78 is 27.6. The van der Waals surface area contributed by atoms with E-state index in [0.29, 0.717) is 23.6 Å². The lowest BCUT2D eigenvalue weighted by Gasteiger charge is -2.35. The predicted octanol–water partition coefficient (Wildman–Crippen LogP) is 1.10. The van der Waals surface area contributed by atoms with Crippen LogP contribution in [0.2, 0.25) is 0 Å². The van der Waals surface area contributed by atoms with Crippen molar-refractivity contribution in [3.63, 3.8) is 0 Å². The van der Waals surface area contributed by atoms with Gasteiger partial charge in [0.25, 0.3) is 10.0 Å². The number of hydrogen-bond acceptors (Lipinski definition) is 6. The number of hydrogen-bond donors (Lipinski definition) is 1. The standard InChI is InChI=1S/C21H26N4O4S/c1-22-17-6-2-3-7-18(17)25(19-8-4-5-9-20(19)30(22,28)29)21(27)16-24-12-10-23(11-13-24)14-15-26/h2-9,26H,10-16H2,1H3. The Morgan fingerprint density at radius 3 is 2.13 bits per heavy atom. The third kappa shape index (κ3) is 3.69. The van der Waals surface area contributed by atoms with Gasteiger partial charge < -0.3 is 5.11 Å². The summed E-state index contributed by atoms with van der Waals surface area (Å²) >= 11 is 0. The van der Waals surface area contributed by atoms with Crippen molar-refractivity contribution in [2.24, 2.45) is 0 Å². The molecule has 160 valence electrons. The summed E-state index contributed by atoms with van der Waals surface area (Å²) in [7, 11) is -2.28. The maximum absolute atomic E-state index is 13.5. The van der Waals surface area contributed by atoms with Gasteiger partial charge in [-0.15, -0.1) is 0 Å². The Kier molecular flexibility index (Phi) is 5.79. The summed E-state index contributed by atoms with van der Waals surface area (Å²) in [6, 6.07) is 13.7. The molecule has 2 aromatic carbocycles. The second-order valence-electron chi connectivity index (χ2n) is 7.50. The van der Waals surface area contributed by atoms with E-state index in [1.807, 2.05) is 0 Å². The molecule has 2 heterocycles. The van der Waals surface area contributed by atoms with Crippen LogP contribution in [0.1, 0.15) is 0 Å². The van der Waals surface area contributed by atoms with E-state index < -0.39 is 10.0 Å². The second-order valence-corrected chi connectivity index (χ2v) is 9.44. The number of nitrogens with zero attached hydrogens (tertiary/aromatic N) is 4. The molecule has 4 rings (SSSR count). The van der Waals surface area contributed by atoms with Gasteiger partial charge in [0.1, 0.15) is 4.90 Å². The van der Waals surface area contributed by atoms with Gasteiger partial charge in [-0.25, -0.2) is 8.42 Å². The fraction of sp³-hybridized carbons (Fsp3) is 0.381. The van der Waals surface area contributed by atoms with Crippen molar-refractivity contribution in [1.29, 1.82) is 0 Å². The minimum absolute atomic E-state index is 0.116. The van der Waals surface area contributed by atoms with Gasteiger partial charge in [0.2, 0.25) is 5.91 Å². The Labute approximate surface area is 177 Å². The highest BCUT2D eigenvalue weighted by atomic mass is 32.2. The van der Waals surface area contributed by atoms with Gasteiger partial charge in [0.05, 0.1) is 30.2 Å². The predicted molar refractivity (Wildman–Crippen MR) is 116 cm³/mol. The van der Waals surface area contributed by atoms with Crippen LogP contribution in [-0.4, -0.2) is 82.2 Å². The van der Waals surface area contributed by atoms with Crippen LogP contribution in [0.5, 0.6) is 0 Å².